The molecule has 1 heteroatoms. The van der Waals surface area contributed by atoms with Gasteiger partial charge in [0.05, 0.1) is 6.61 Å². The van der Waals surface area contributed by atoms with Crippen molar-refractivity contribution in [1.82, 2.24) is 0 Å². The summed E-state index contributed by atoms with van der Waals surface area (Å²) in [6, 6.07) is 26.0. The number of ether oxygens (including phenoxy) is 1. The lowest BCUT2D eigenvalue weighted by Gasteiger charge is -2.05. The third-order valence-electron chi connectivity index (χ3n) is 4.48. The van der Waals surface area contributed by atoms with Gasteiger partial charge in [-0.2, -0.15) is 0 Å². The highest BCUT2D eigenvalue weighted by Crippen LogP contribution is 2.13. The van der Waals surface area contributed by atoms with E-state index < -0.39 is 0 Å². The molecule has 0 aliphatic rings. The van der Waals surface area contributed by atoms with Crippen LogP contribution in [0.5, 0.6) is 5.75 Å². The third kappa shape index (κ3) is 7.25. The lowest BCUT2D eigenvalue weighted by molar-refractivity contribution is 0.305. The van der Waals surface area contributed by atoms with Gasteiger partial charge >= 0.3 is 0 Å². The van der Waals surface area contributed by atoms with E-state index in [9.17, 15) is 0 Å². The van der Waals surface area contributed by atoms with Crippen LogP contribution in [0.15, 0.2) is 78.9 Å². The smallest absolute Gasteiger partial charge is 0.119 e. The summed E-state index contributed by atoms with van der Waals surface area (Å²) in [7, 11) is 0. The van der Waals surface area contributed by atoms with Crippen molar-refractivity contribution in [3.05, 3.63) is 101 Å². The van der Waals surface area contributed by atoms with Crippen LogP contribution in [0.25, 0.3) is 0 Å². The number of benzene rings is 3. The van der Waals surface area contributed by atoms with Crippen LogP contribution in [0, 0.1) is 23.7 Å². The molecular weight excluding hydrogens is 352 g/mol. The van der Waals surface area contributed by atoms with E-state index in [4.69, 9.17) is 4.74 Å². The summed E-state index contributed by atoms with van der Waals surface area (Å²) in [5.41, 5.74) is 3.97. The van der Waals surface area contributed by atoms with E-state index in [0.717, 1.165) is 41.0 Å². The fraction of sp³-hybridized carbons (Fsp3) is 0.214. The molecule has 29 heavy (non-hydrogen) atoms. The van der Waals surface area contributed by atoms with Gasteiger partial charge in [0.25, 0.3) is 0 Å². The van der Waals surface area contributed by atoms with Gasteiger partial charge in [-0.3, -0.25) is 0 Å². The fourth-order valence-electron chi connectivity index (χ4n) is 2.80. The highest BCUT2D eigenvalue weighted by Gasteiger charge is 1.95. The van der Waals surface area contributed by atoms with Gasteiger partial charge in [0.1, 0.15) is 5.75 Å². The predicted octanol–water partition coefficient (Wildman–Crippen LogP) is 6.45. The van der Waals surface area contributed by atoms with E-state index in [-0.39, 0.29) is 0 Å². The quantitative estimate of drug-likeness (QED) is 0.354. The zero-order chi connectivity index (χ0) is 20.2. The van der Waals surface area contributed by atoms with Crippen LogP contribution < -0.4 is 4.74 Å². The normalized spacial score (nSPS) is 9.69. The molecule has 3 aromatic carbocycles. The molecule has 0 amide bonds. The van der Waals surface area contributed by atoms with Crippen molar-refractivity contribution < 1.29 is 4.74 Å². The molecule has 3 aromatic rings. The topological polar surface area (TPSA) is 9.23 Å². The van der Waals surface area contributed by atoms with E-state index in [2.05, 4.69) is 30.6 Å². The van der Waals surface area contributed by atoms with Crippen LogP contribution in [-0.2, 0) is 0 Å². The Morgan fingerprint density at radius 2 is 1.03 bits per heavy atom. The van der Waals surface area contributed by atoms with Crippen molar-refractivity contribution in [2.45, 2.75) is 32.6 Å². The van der Waals surface area contributed by atoms with Gasteiger partial charge in [0.15, 0.2) is 0 Å². The predicted molar refractivity (Wildman–Crippen MR) is 121 cm³/mol. The van der Waals surface area contributed by atoms with E-state index in [0.29, 0.717) is 0 Å². The second-order valence-electron chi connectivity index (χ2n) is 6.88. The molecule has 1 nitrogen and oxygen atoms in total. The van der Waals surface area contributed by atoms with Gasteiger partial charge < -0.3 is 4.74 Å². The Hall–Kier alpha value is -3.42. The Bertz CT molecular complexity index is 992. The standard InChI is InChI=1S/C28H26O/c1-2-3-4-8-23-29-28-21-19-27(20-22-28)18-17-26-15-13-25(14-16-26)12-11-24-9-6-5-7-10-24/h5-7,9-10,13-16,19-22H,2-4,8,23H2,1H3. The summed E-state index contributed by atoms with van der Waals surface area (Å²) in [5.74, 6) is 13.7. The minimum Gasteiger partial charge on any atom is -0.494 e. The summed E-state index contributed by atoms with van der Waals surface area (Å²) in [6.07, 6.45) is 4.87. The molecule has 0 unspecified atom stereocenters. The minimum atomic E-state index is 0.782. The molecule has 0 aliphatic heterocycles. The van der Waals surface area contributed by atoms with Crippen LogP contribution in [-0.4, -0.2) is 6.61 Å². The third-order valence-corrected chi connectivity index (χ3v) is 4.48. The molecule has 144 valence electrons. The number of unbranched alkanes of at least 4 members (excludes halogenated alkanes) is 3. The van der Waals surface area contributed by atoms with Gasteiger partial charge in [0, 0.05) is 22.3 Å². The molecular formula is C28H26O. The molecule has 0 aliphatic carbocycles. The van der Waals surface area contributed by atoms with E-state index >= 15 is 0 Å². The summed E-state index contributed by atoms with van der Waals surface area (Å²) >= 11 is 0. The molecule has 0 saturated carbocycles. The molecule has 0 heterocycles. The molecule has 0 spiro atoms. The molecule has 3 rings (SSSR count). The van der Waals surface area contributed by atoms with E-state index in [1.54, 1.807) is 0 Å². The van der Waals surface area contributed by atoms with Crippen LogP contribution in [0.4, 0.5) is 0 Å². The van der Waals surface area contributed by atoms with Gasteiger partial charge in [-0.15, -0.1) is 0 Å². The Balaban J connectivity index is 1.54. The maximum absolute atomic E-state index is 5.78. The number of hydrogen-bond acceptors (Lipinski definition) is 1. The van der Waals surface area contributed by atoms with E-state index in [1.165, 1.54) is 19.3 Å². The first kappa shape index (κ1) is 20.3. The van der Waals surface area contributed by atoms with Crippen molar-refractivity contribution in [2.75, 3.05) is 6.61 Å². The lowest BCUT2D eigenvalue weighted by Crippen LogP contribution is -1.96. The summed E-state index contributed by atoms with van der Waals surface area (Å²) < 4.78 is 5.78. The number of hydrogen-bond donors (Lipinski definition) is 0. The average molecular weight is 379 g/mol. The Morgan fingerprint density at radius 3 is 1.55 bits per heavy atom. The second-order valence-corrected chi connectivity index (χ2v) is 6.88. The Kier molecular flexibility index (Phi) is 8.01. The van der Waals surface area contributed by atoms with Crippen molar-refractivity contribution in [3.63, 3.8) is 0 Å². The highest BCUT2D eigenvalue weighted by molar-refractivity contribution is 5.48. The molecule has 0 radical (unpaired) electrons. The summed E-state index contributed by atoms with van der Waals surface area (Å²) in [4.78, 5) is 0. The van der Waals surface area contributed by atoms with Crippen LogP contribution in [0.2, 0.25) is 0 Å². The first-order valence-corrected chi connectivity index (χ1v) is 10.3. The first-order chi connectivity index (χ1) is 14.3. The molecule has 0 aromatic heterocycles. The fourth-order valence-corrected chi connectivity index (χ4v) is 2.80. The van der Waals surface area contributed by atoms with Gasteiger partial charge in [-0.25, -0.2) is 0 Å². The van der Waals surface area contributed by atoms with Gasteiger partial charge in [-0.1, -0.05) is 68.1 Å². The van der Waals surface area contributed by atoms with Crippen LogP contribution >= 0.6 is 0 Å². The zero-order valence-electron chi connectivity index (χ0n) is 16.9. The SMILES string of the molecule is CCCCCCOc1ccc(C#Cc2ccc(C#Cc3ccccc3)cc2)cc1. The van der Waals surface area contributed by atoms with Crippen molar-refractivity contribution in [3.8, 4) is 29.4 Å². The van der Waals surface area contributed by atoms with Crippen LogP contribution in [0.3, 0.4) is 0 Å². The second kappa shape index (κ2) is 11.4. The van der Waals surface area contributed by atoms with Crippen molar-refractivity contribution >= 4 is 0 Å². The summed E-state index contributed by atoms with van der Waals surface area (Å²) in [6.45, 7) is 3.00. The van der Waals surface area contributed by atoms with Gasteiger partial charge in [-0.05, 0) is 67.1 Å². The minimum absolute atomic E-state index is 0.782. The maximum Gasteiger partial charge on any atom is 0.119 e. The lowest BCUT2D eigenvalue weighted by atomic mass is 10.1. The summed E-state index contributed by atoms with van der Waals surface area (Å²) in [5, 5.41) is 0. The molecule has 0 fully saturated rings. The Labute approximate surface area is 174 Å². The first-order valence-electron chi connectivity index (χ1n) is 10.3. The van der Waals surface area contributed by atoms with Crippen molar-refractivity contribution in [1.29, 1.82) is 0 Å². The molecule has 0 atom stereocenters. The van der Waals surface area contributed by atoms with Crippen molar-refractivity contribution in [2.24, 2.45) is 0 Å². The Morgan fingerprint density at radius 1 is 0.552 bits per heavy atom. The zero-order valence-corrected chi connectivity index (χ0v) is 16.9. The molecule has 0 N–H and O–H groups in total. The van der Waals surface area contributed by atoms with Gasteiger partial charge in [0.2, 0.25) is 0 Å². The highest BCUT2D eigenvalue weighted by atomic mass is 16.5. The maximum atomic E-state index is 5.78. The number of rotatable bonds is 6. The largest absolute Gasteiger partial charge is 0.494 e. The van der Waals surface area contributed by atoms with Crippen LogP contribution in [0.1, 0.15) is 54.9 Å². The molecule has 0 bridgehead atoms. The monoisotopic (exact) mass is 378 g/mol. The molecule has 0 saturated heterocycles. The van der Waals surface area contributed by atoms with E-state index in [1.807, 2.05) is 78.9 Å². The average Bonchev–Trinajstić information content (AvgIpc) is 2.78.